The first-order valence-corrected chi connectivity index (χ1v) is 10.4. The Bertz CT molecular complexity index is 1390. The summed E-state index contributed by atoms with van der Waals surface area (Å²) in [4.78, 5) is 25.5. The van der Waals surface area contributed by atoms with Gasteiger partial charge in [0.1, 0.15) is 29.9 Å². The number of halogens is 1. The van der Waals surface area contributed by atoms with Crippen LogP contribution in [0.25, 0.3) is 11.5 Å². The molecule has 1 amide bonds. The van der Waals surface area contributed by atoms with Gasteiger partial charge in [0.2, 0.25) is 5.89 Å². The highest BCUT2D eigenvalue weighted by Crippen LogP contribution is 2.33. The highest BCUT2D eigenvalue weighted by Gasteiger charge is 2.35. The summed E-state index contributed by atoms with van der Waals surface area (Å²) in [5.74, 6) is -0.430. The van der Waals surface area contributed by atoms with Gasteiger partial charge in [-0.05, 0) is 66.2 Å². The lowest BCUT2D eigenvalue weighted by Gasteiger charge is -2.19. The maximum Gasteiger partial charge on any atom is 0.437 e. The Labute approximate surface area is 192 Å². The topological polar surface area (TPSA) is 103 Å². The SMILES string of the molecule is COc1ccc(C2=NN(C(=O)Cn3nc(-c4ccc(F)cc4)oc3=O)[C@H](c3ccco3)C2)cc1. The average Bonchev–Trinajstić information content (AvgIpc) is 3.60. The van der Waals surface area contributed by atoms with Gasteiger partial charge in [0.05, 0.1) is 19.1 Å². The molecule has 0 spiro atoms. The molecule has 0 radical (unpaired) electrons. The second-order valence-corrected chi connectivity index (χ2v) is 7.59. The molecule has 0 aliphatic carbocycles. The van der Waals surface area contributed by atoms with E-state index in [1.54, 1.807) is 19.2 Å². The number of aromatic nitrogens is 2. The molecule has 5 rings (SSSR count). The van der Waals surface area contributed by atoms with Gasteiger partial charge in [0, 0.05) is 12.0 Å². The lowest BCUT2D eigenvalue weighted by atomic mass is 10.0. The van der Waals surface area contributed by atoms with Crippen LogP contribution in [0, 0.1) is 5.82 Å². The summed E-state index contributed by atoms with van der Waals surface area (Å²) in [6.07, 6.45) is 1.96. The number of hydrogen-bond donors (Lipinski definition) is 0. The summed E-state index contributed by atoms with van der Waals surface area (Å²) in [5, 5.41) is 9.93. The number of carbonyl (C=O) groups excluding carboxylic acids is 1. The lowest BCUT2D eigenvalue weighted by Crippen LogP contribution is -2.33. The molecule has 4 aromatic rings. The Hall–Kier alpha value is -4.47. The predicted molar refractivity (Wildman–Crippen MR) is 119 cm³/mol. The largest absolute Gasteiger partial charge is 0.497 e. The third-order valence-electron chi connectivity index (χ3n) is 5.44. The average molecular weight is 462 g/mol. The van der Waals surface area contributed by atoms with Gasteiger partial charge >= 0.3 is 5.76 Å². The van der Waals surface area contributed by atoms with E-state index in [2.05, 4.69) is 10.2 Å². The zero-order valence-corrected chi connectivity index (χ0v) is 18.1. The first-order valence-electron chi connectivity index (χ1n) is 10.4. The second-order valence-electron chi connectivity index (χ2n) is 7.59. The molecule has 2 aromatic heterocycles. The second kappa shape index (κ2) is 8.81. The molecule has 0 N–H and O–H groups in total. The lowest BCUT2D eigenvalue weighted by molar-refractivity contribution is -0.134. The predicted octanol–water partition coefficient (Wildman–Crippen LogP) is 3.62. The van der Waals surface area contributed by atoms with Crippen LogP contribution in [0.4, 0.5) is 4.39 Å². The summed E-state index contributed by atoms with van der Waals surface area (Å²) in [6, 6.07) is 15.7. The van der Waals surface area contributed by atoms with Crippen molar-refractivity contribution in [1.82, 2.24) is 14.8 Å². The Kier molecular flexibility index (Phi) is 5.54. The van der Waals surface area contributed by atoms with Gasteiger partial charge in [-0.2, -0.15) is 9.78 Å². The van der Waals surface area contributed by atoms with Crippen molar-refractivity contribution in [2.24, 2.45) is 5.10 Å². The van der Waals surface area contributed by atoms with Crippen LogP contribution >= 0.6 is 0 Å². The quantitative estimate of drug-likeness (QED) is 0.434. The molecule has 1 atom stereocenters. The monoisotopic (exact) mass is 462 g/mol. The van der Waals surface area contributed by atoms with E-state index in [0.29, 0.717) is 29.2 Å². The minimum Gasteiger partial charge on any atom is -0.497 e. The van der Waals surface area contributed by atoms with E-state index in [9.17, 15) is 14.0 Å². The fourth-order valence-corrected chi connectivity index (χ4v) is 3.72. The molecule has 1 aliphatic heterocycles. The van der Waals surface area contributed by atoms with Gasteiger partial charge < -0.3 is 13.6 Å². The van der Waals surface area contributed by atoms with Crippen molar-refractivity contribution in [2.75, 3.05) is 7.11 Å². The normalized spacial score (nSPS) is 15.4. The van der Waals surface area contributed by atoms with E-state index >= 15 is 0 Å². The van der Waals surface area contributed by atoms with Crippen LogP contribution in [0.1, 0.15) is 23.8 Å². The highest BCUT2D eigenvalue weighted by molar-refractivity contribution is 6.03. The van der Waals surface area contributed by atoms with E-state index in [-0.39, 0.29) is 12.4 Å². The fraction of sp³-hybridized carbons (Fsp3) is 0.167. The number of methoxy groups -OCH3 is 1. The number of benzene rings is 2. The van der Waals surface area contributed by atoms with Crippen LogP contribution in [0.2, 0.25) is 0 Å². The number of hydrazone groups is 1. The van der Waals surface area contributed by atoms with Gasteiger partial charge in [-0.25, -0.2) is 14.2 Å². The number of furan rings is 1. The summed E-state index contributed by atoms with van der Waals surface area (Å²) < 4.78 is 30.0. The van der Waals surface area contributed by atoms with Crippen LogP contribution in [-0.2, 0) is 11.3 Å². The Morgan fingerprint density at radius 1 is 1.12 bits per heavy atom. The maximum atomic E-state index is 13.2. The number of amides is 1. The van der Waals surface area contributed by atoms with Crippen molar-refractivity contribution in [3.63, 3.8) is 0 Å². The van der Waals surface area contributed by atoms with Crippen molar-refractivity contribution >= 4 is 11.6 Å². The summed E-state index contributed by atoms with van der Waals surface area (Å²) in [7, 11) is 1.59. The molecule has 0 unspecified atom stereocenters. The van der Waals surface area contributed by atoms with E-state index in [4.69, 9.17) is 13.6 Å². The first kappa shape index (κ1) is 21.4. The minimum absolute atomic E-state index is 0.00997. The summed E-state index contributed by atoms with van der Waals surface area (Å²) >= 11 is 0. The molecule has 3 heterocycles. The number of rotatable bonds is 6. The Morgan fingerprint density at radius 2 is 1.85 bits per heavy atom. The molecule has 2 aromatic carbocycles. The van der Waals surface area contributed by atoms with E-state index in [0.717, 1.165) is 10.2 Å². The standard InChI is InChI=1S/C24H19FN4O5/c1-32-18-10-6-15(7-11-18)19-13-20(21-3-2-12-33-21)29(26-19)22(30)14-28-24(31)34-23(27-28)16-4-8-17(25)9-5-16/h2-12,20H,13-14H2,1H3/t20-/m0/s1. The van der Waals surface area contributed by atoms with Crippen molar-refractivity contribution in [1.29, 1.82) is 0 Å². The zero-order chi connectivity index (χ0) is 23.7. The first-order chi connectivity index (χ1) is 16.5. The number of ether oxygens (including phenoxy) is 1. The van der Waals surface area contributed by atoms with Crippen LogP contribution in [-0.4, -0.2) is 33.5 Å². The smallest absolute Gasteiger partial charge is 0.437 e. The van der Waals surface area contributed by atoms with Gasteiger partial charge in [-0.15, -0.1) is 5.10 Å². The molecule has 1 aliphatic rings. The number of carbonyl (C=O) groups is 1. The fourth-order valence-electron chi connectivity index (χ4n) is 3.72. The molecule has 10 heteroatoms. The summed E-state index contributed by atoms with van der Waals surface area (Å²) in [6.45, 7) is -0.389. The van der Waals surface area contributed by atoms with E-state index in [1.807, 2.05) is 24.3 Å². The molecule has 0 saturated carbocycles. The van der Waals surface area contributed by atoms with Gasteiger partial charge in [0.15, 0.2) is 0 Å². The molecule has 0 bridgehead atoms. The molecule has 34 heavy (non-hydrogen) atoms. The molecular weight excluding hydrogens is 443 g/mol. The Balaban J connectivity index is 1.42. The molecule has 0 fully saturated rings. The van der Waals surface area contributed by atoms with Crippen molar-refractivity contribution < 1.29 is 22.8 Å². The van der Waals surface area contributed by atoms with Crippen molar-refractivity contribution in [3.05, 3.63) is 94.6 Å². The van der Waals surface area contributed by atoms with Gasteiger partial charge in [0.25, 0.3) is 5.91 Å². The third kappa shape index (κ3) is 4.13. The summed E-state index contributed by atoms with van der Waals surface area (Å²) in [5.41, 5.74) is 1.95. The maximum absolute atomic E-state index is 13.2. The van der Waals surface area contributed by atoms with E-state index in [1.165, 1.54) is 35.5 Å². The van der Waals surface area contributed by atoms with E-state index < -0.39 is 23.5 Å². The van der Waals surface area contributed by atoms with Crippen LogP contribution in [0.3, 0.4) is 0 Å². The van der Waals surface area contributed by atoms with Gasteiger partial charge in [-0.3, -0.25) is 4.79 Å². The third-order valence-corrected chi connectivity index (χ3v) is 5.44. The highest BCUT2D eigenvalue weighted by atomic mass is 19.1. The minimum atomic E-state index is -0.805. The molecular formula is C24H19FN4O5. The van der Waals surface area contributed by atoms with Gasteiger partial charge in [-0.1, -0.05) is 0 Å². The number of nitrogens with zero attached hydrogens (tertiary/aromatic N) is 4. The molecule has 172 valence electrons. The van der Waals surface area contributed by atoms with Crippen LogP contribution in [0.15, 0.2) is 85.7 Å². The van der Waals surface area contributed by atoms with Crippen molar-refractivity contribution in [3.8, 4) is 17.2 Å². The number of hydrogen-bond acceptors (Lipinski definition) is 7. The van der Waals surface area contributed by atoms with Crippen molar-refractivity contribution in [2.45, 2.75) is 19.0 Å². The Morgan fingerprint density at radius 3 is 2.53 bits per heavy atom. The van der Waals surface area contributed by atoms with Crippen LogP contribution < -0.4 is 10.5 Å². The van der Waals surface area contributed by atoms with Crippen LogP contribution in [0.5, 0.6) is 5.75 Å². The zero-order valence-electron chi connectivity index (χ0n) is 18.1. The molecule has 0 saturated heterocycles. The molecule has 9 nitrogen and oxygen atoms in total.